The number of rotatable bonds is 13. The van der Waals surface area contributed by atoms with Gasteiger partial charge in [-0.05, 0) is 155 Å². The summed E-state index contributed by atoms with van der Waals surface area (Å²) in [6.45, 7) is 12.1. The maximum atomic E-state index is 9.83. The average Bonchev–Trinajstić information content (AvgIpc) is 3.24. The fourth-order valence-corrected chi connectivity index (χ4v) is 6.74. The van der Waals surface area contributed by atoms with Crippen LogP contribution >= 0.6 is 0 Å². The van der Waals surface area contributed by atoms with Crippen molar-refractivity contribution in [2.45, 2.75) is 121 Å². The van der Waals surface area contributed by atoms with Gasteiger partial charge in [0, 0.05) is 18.6 Å². The van der Waals surface area contributed by atoms with Crippen LogP contribution in [0.3, 0.4) is 0 Å². The van der Waals surface area contributed by atoms with Gasteiger partial charge in [0.05, 0.1) is 6.61 Å². The maximum Gasteiger partial charge on any atom is 0.294 e. The maximum absolute atomic E-state index is 9.83. The van der Waals surface area contributed by atoms with Crippen LogP contribution in [0, 0.1) is 62.4 Å². The summed E-state index contributed by atoms with van der Waals surface area (Å²) in [6.07, 6.45) is 14.3. The van der Waals surface area contributed by atoms with Crippen molar-refractivity contribution in [2.75, 3.05) is 85.3 Å². The lowest BCUT2D eigenvalue weighted by Crippen LogP contribution is -2.38. The molecule has 6 saturated heterocycles. The summed E-state index contributed by atoms with van der Waals surface area (Å²) in [6, 6.07) is 0.961. The molecule has 0 saturated carbocycles. The summed E-state index contributed by atoms with van der Waals surface area (Å²) in [5.41, 5.74) is 0. The second-order valence-electron chi connectivity index (χ2n) is 15.0. The number of nitrogens with zero attached hydrogens (tertiary/aromatic N) is 5. The van der Waals surface area contributed by atoms with E-state index in [4.69, 9.17) is 0 Å². The summed E-state index contributed by atoms with van der Waals surface area (Å²) in [4.78, 5) is 70.6. The molecule has 0 aromatic carbocycles. The van der Waals surface area contributed by atoms with E-state index in [0.717, 1.165) is 129 Å². The molecule has 0 amide bonds. The van der Waals surface area contributed by atoms with Crippen LogP contribution in [0.2, 0.25) is 0 Å². The third-order valence-corrected chi connectivity index (χ3v) is 10.0. The molecule has 0 spiro atoms. The quantitative estimate of drug-likeness (QED) is 0.113. The normalized spacial score (nSPS) is 24.1. The lowest BCUT2D eigenvalue weighted by atomic mass is 10.00. The van der Waals surface area contributed by atoms with Gasteiger partial charge in [0.25, 0.3) is 25.4 Å². The summed E-state index contributed by atoms with van der Waals surface area (Å²) in [5, 5.41) is 64.4. The SMILES string of the molecule is CC1CCCCN1.O=[N+]([O-])OC1CCCNC1.O=[N+]([O-])OC1CCNCC1.O=[N+]([O-])OCC1CCCCN1.O=[N+]([O-])OCC1CCCNC1.O=[N+]([O-])OCC1CCNCC1. The zero-order valence-electron chi connectivity index (χ0n) is 34.9. The molecule has 6 rings (SSSR count). The second kappa shape index (κ2) is 35.5. The van der Waals surface area contributed by atoms with E-state index in [0.29, 0.717) is 18.4 Å². The molecule has 60 heavy (non-hydrogen) atoms. The molecule has 0 bridgehead atoms. The standard InChI is InChI=1S/3C6H12N2O3.C6H13N.2C5H10N2O3/c9-8(10)11-5-6-1-3-7-4-2-6;9-8(10)11-5-6-2-1-3-7-4-6;9-8(10)11-5-6-3-1-2-4-7-6;1-6-4-2-3-5-7-6;8-7(9)10-5-1-3-6-4-2-5;8-7(9)10-5-2-1-3-6-4-5/h3*6-7H,1-5H2;6-7H,2-5H2,1H3;2*5-6H,1-4H2. The highest BCUT2D eigenvalue weighted by atomic mass is 17.0. The van der Waals surface area contributed by atoms with E-state index in [9.17, 15) is 50.6 Å². The monoisotopic (exact) mass is 871 g/mol. The Morgan fingerprint density at radius 3 is 1.37 bits per heavy atom. The zero-order chi connectivity index (χ0) is 44.2. The number of nitrogens with one attached hydrogen (secondary N) is 6. The van der Waals surface area contributed by atoms with Crippen LogP contribution in [0.1, 0.15) is 96.8 Å². The Balaban J connectivity index is 0.000000362. The van der Waals surface area contributed by atoms with E-state index in [-0.39, 0.29) is 38.1 Å². The molecule has 6 aliphatic heterocycles. The van der Waals surface area contributed by atoms with Gasteiger partial charge in [0.15, 0.2) is 0 Å². The van der Waals surface area contributed by atoms with Crippen LogP contribution in [0.5, 0.6) is 0 Å². The molecule has 26 nitrogen and oxygen atoms in total. The predicted octanol–water partition coefficient (Wildman–Crippen LogP) is 1.77. The first-order valence-electron chi connectivity index (χ1n) is 21.1. The summed E-state index contributed by atoms with van der Waals surface area (Å²) in [7, 11) is 0. The Hall–Kier alpha value is -4.24. The van der Waals surface area contributed by atoms with Gasteiger partial charge in [-0.1, -0.05) is 12.8 Å². The van der Waals surface area contributed by atoms with Crippen molar-refractivity contribution in [1.29, 1.82) is 0 Å². The Kier molecular flexibility index (Phi) is 31.8. The van der Waals surface area contributed by atoms with Crippen LogP contribution in [0.4, 0.5) is 0 Å². The van der Waals surface area contributed by atoms with Crippen molar-refractivity contribution in [3.63, 3.8) is 0 Å². The van der Waals surface area contributed by atoms with Gasteiger partial charge < -0.3 is 56.1 Å². The van der Waals surface area contributed by atoms with Crippen molar-refractivity contribution < 1.29 is 49.6 Å². The Labute approximate surface area is 350 Å². The Morgan fingerprint density at radius 2 is 0.933 bits per heavy atom. The fourth-order valence-electron chi connectivity index (χ4n) is 6.74. The third kappa shape index (κ3) is 33.6. The van der Waals surface area contributed by atoms with Crippen molar-refractivity contribution in [1.82, 2.24) is 31.9 Å². The topological polar surface area (TPSA) is 334 Å². The third-order valence-electron chi connectivity index (χ3n) is 10.0. The summed E-state index contributed by atoms with van der Waals surface area (Å²) >= 11 is 0. The summed E-state index contributed by atoms with van der Waals surface area (Å²) in [5.74, 6) is 0.677. The minimum Gasteiger partial charge on any atom is -0.317 e. The predicted molar refractivity (Wildman–Crippen MR) is 215 cm³/mol. The van der Waals surface area contributed by atoms with Crippen LogP contribution in [-0.2, 0) is 24.2 Å². The van der Waals surface area contributed by atoms with Gasteiger partial charge >= 0.3 is 0 Å². The lowest BCUT2D eigenvalue weighted by Gasteiger charge is -2.21. The van der Waals surface area contributed by atoms with Crippen LogP contribution < -0.4 is 31.9 Å². The first kappa shape index (κ1) is 53.8. The van der Waals surface area contributed by atoms with Crippen molar-refractivity contribution in [3.8, 4) is 0 Å². The molecule has 4 unspecified atom stereocenters. The van der Waals surface area contributed by atoms with Gasteiger partial charge in [-0.2, -0.15) is 0 Å². The molecule has 6 fully saturated rings. The lowest BCUT2D eigenvalue weighted by molar-refractivity contribution is -0.769. The molecule has 350 valence electrons. The molecule has 0 aromatic heterocycles. The van der Waals surface area contributed by atoms with Gasteiger partial charge in [-0.15, -0.1) is 50.6 Å². The first-order chi connectivity index (χ1) is 28.8. The smallest absolute Gasteiger partial charge is 0.294 e. The molecule has 6 aliphatic rings. The van der Waals surface area contributed by atoms with Crippen LogP contribution in [0.25, 0.3) is 0 Å². The second-order valence-corrected chi connectivity index (χ2v) is 15.0. The minimum absolute atomic E-state index is 0.175. The van der Waals surface area contributed by atoms with Gasteiger partial charge in [-0.25, -0.2) is 0 Å². The van der Waals surface area contributed by atoms with Gasteiger partial charge in [0.2, 0.25) is 0 Å². The minimum atomic E-state index is -0.740. The van der Waals surface area contributed by atoms with E-state index in [1.165, 1.54) is 25.8 Å². The van der Waals surface area contributed by atoms with Crippen molar-refractivity contribution >= 4 is 0 Å². The van der Waals surface area contributed by atoms with E-state index in [1.807, 2.05) is 0 Å². The van der Waals surface area contributed by atoms with E-state index in [1.54, 1.807) is 0 Å². The van der Waals surface area contributed by atoms with Crippen molar-refractivity contribution in [3.05, 3.63) is 50.6 Å². The van der Waals surface area contributed by atoms with E-state index >= 15 is 0 Å². The van der Waals surface area contributed by atoms with Gasteiger partial charge in [-0.3, -0.25) is 0 Å². The molecule has 6 heterocycles. The van der Waals surface area contributed by atoms with Crippen LogP contribution in [-0.4, -0.2) is 135 Å². The number of piperidine rings is 6. The summed E-state index contributed by atoms with van der Waals surface area (Å²) < 4.78 is 0. The van der Waals surface area contributed by atoms with Crippen molar-refractivity contribution in [2.24, 2.45) is 11.8 Å². The fraction of sp³-hybridized carbons (Fsp3) is 1.00. The highest BCUT2D eigenvalue weighted by Crippen LogP contribution is 2.12. The van der Waals surface area contributed by atoms with Gasteiger partial charge in [0.1, 0.15) is 25.4 Å². The highest BCUT2D eigenvalue weighted by Gasteiger charge is 2.18. The van der Waals surface area contributed by atoms with Crippen LogP contribution in [0.15, 0.2) is 0 Å². The molecule has 26 heteroatoms. The Morgan fingerprint density at radius 1 is 0.433 bits per heavy atom. The van der Waals surface area contributed by atoms with E-state index in [2.05, 4.69) is 63.0 Å². The molecule has 6 N–H and O–H groups in total. The molecule has 0 radical (unpaired) electrons. The number of hydrogen-bond acceptors (Lipinski definition) is 21. The number of hydrogen-bond donors (Lipinski definition) is 6. The largest absolute Gasteiger partial charge is 0.317 e. The zero-order valence-corrected chi connectivity index (χ0v) is 34.9. The first-order valence-corrected chi connectivity index (χ1v) is 21.1. The molecule has 4 atom stereocenters. The molecule has 0 aliphatic carbocycles. The molecular weight excluding hydrogens is 802 g/mol. The van der Waals surface area contributed by atoms with E-state index < -0.39 is 25.4 Å². The Bertz CT molecular complexity index is 1030. The highest BCUT2D eigenvalue weighted by molar-refractivity contribution is 4.71. The molecule has 0 aromatic rings. The molecular formula is C34H69N11O15. The average molecular weight is 872 g/mol.